The fourth-order valence-corrected chi connectivity index (χ4v) is 3.70. The van der Waals surface area contributed by atoms with E-state index in [1.807, 2.05) is 61.7 Å². The highest BCUT2D eigenvalue weighted by Crippen LogP contribution is 2.39. The van der Waals surface area contributed by atoms with Crippen molar-refractivity contribution in [3.8, 4) is 5.75 Å². The SMILES string of the molecule is Cc1nccn1Cc1ccc(C(=O)N[C@@H]2CC(C)(C)Oc3ccccc32)cc1. The average Bonchev–Trinajstić information content (AvgIpc) is 3.06. The molecule has 1 amide bonds. The third kappa shape index (κ3) is 3.79. The van der Waals surface area contributed by atoms with Gasteiger partial charge in [0.05, 0.1) is 6.04 Å². The molecule has 0 saturated heterocycles. The number of carbonyl (C=O) groups is 1. The molecule has 0 radical (unpaired) electrons. The second kappa shape index (κ2) is 7.15. The number of nitrogens with one attached hydrogen (secondary N) is 1. The van der Waals surface area contributed by atoms with Crippen LogP contribution >= 0.6 is 0 Å². The number of hydrogen-bond acceptors (Lipinski definition) is 3. The van der Waals surface area contributed by atoms with E-state index in [1.54, 1.807) is 6.20 Å². The molecule has 1 aliphatic rings. The van der Waals surface area contributed by atoms with Crippen molar-refractivity contribution in [3.05, 3.63) is 83.4 Å². The van der Waals surface area contributed by atoms with Gasteiger partial charge in [-0.15, -0.1) is 0 Å². The van der Waals surface area contributed by atoms with E-state index >= 15 is 0 Å². The van der Waals surface area contributed by atoms with Crippen molar-refractivity contribution in [1.82, 2.24) is 14.9 Å². The first-order valence-electron chi connectivity index (χ1n) is 9.57. The molecule has 0 saturated carbocycles. The molecule has 144 valence electrons. The van der Waals surface area contributed by atoms with Crippen LogP contribution < -0.4 is 10.1 Å². The Bertz CT molecular complexity index is 989. The summed E-state index contributed by atoms with van der Waals surface area (Å²) in [5, 5.41) is 3.19. The number of imidazole rings is 1. The van der Waals surface area contributed by atoms with Gasteiger partial charge in [-0.1, -0.05) is 30.3 Å². The lowest BCUT2D eigenvalue weighted by Crippen LogP contribution is -2.41. The third-order valence-electron chi connectivity index (χ3n) is 5.17. The summed E-state index contributed by atoms with van der Waals surface area (Å²) in [7, 11) is 0. The van der Waals surface area contributed by atoms with Crippen molar-refractivity contribution in [3.63, 3.8) is 0 Å². The van der Waals surface area contributed by atoms with Crippen LogP contribution in [0, 0.1) is 6.92 Å². The summed E-state index contributed by atoms with van der Waals surface area (Å²) in [4.78, 5) is 17.1. The van der Waals surface area contributed by atoms with Gasteiger partial charge in [-0.25, -0.2) is 4.98 Å². The Balaban J connectivity index is 1.49. The molecule has 0 spiro atoms. The first-order chi connectivity index (χ1) is 13.4. The normalized spacial score (nSPS) is 17.5. The van der Waals surface area contributed by atoms with Crippen LogP contribution in [0.5, 0.6) is 5.75 Å². The second-order valence-corrected chi connectivity index (χ2v) is 7.93. The minimum absolute atomic E-state index is 0.0668. The van der Waals surface area contributed by atoms with Gasteiger partial charge < -0.3 is 14.6 Å². The lowest BCUT2D eigenvalue weighted by molar-refractivity contribution is 0.0619. The van der Waals surface area contributed by atoms with Crippen molar-refractivity contribution >= 4 is 5.91 Å². The van der Waals surface area contributed by atoms with Gasteiger partial charge in [0, 0.05) is 36.5 Å². The van der Waals surface area contributed by atoms with E-state index in [-0.39, 0.29) is 17.6 Å². The molecule has 0 bridgehead atoms. The molecule has 1 aliphatic heterocycles. The lowest BCUT2D eigenvalue weighted by atomic mass is 9.89. The number of benzene rings is 2. The fourth-order valence-electron chi connectivity index (χ4n) is 3.70. The maximum Gasteiger partial charge on any atom is 0.251 e. The topological polar surface area (TPSA) is 56.2 Å². The number of nitrogens with zero attached hydrogens (tertiary/aromatic N) is 2. The standard InChI is InChI=1S/C23H25N3O2/c1-16-24-12-13-26(16)15-17-8-10-18(11-9-17)22(27)25-20-14-23(2,3)28-21-7-5-4-6-19(20)21/h4-13,20H,14-15H2,1-3H3,(H,25,27)/t20-/m1/s1. The highest BCUT2D eigenvalue weighted by Gasteiger charge is 2.34. The van der Waals surface area contributed by atoms with Crippen LogP contribution in [0.1, 0.15) is 53.6 Å². The number of amides is 1. The molecule has 1 atom stereocenters. The molecular formula is C23H25N3O2. The van der Waals surface area contributed by atoms with Crippen molar-refractivity contribution in [2.45, 2.75) is 45.4 Å². The Hall–Kier alpha value is -3.08. The quantitative estimate of drug-likeness (QED) is 0.741. The number of rotatable bonds is 4. The van der Waals surface area contributed by atoms with Crippen molar-refractivity contribution in [1.29, 1.82) is 0 Å². The van der Waals surface area contributed by atoms with Gasteiger partial charge in [-0.05, 0) is 44.5 Å². The molecule has 0 fully saturated rings. The van der Waals surface area contributed by atoms with Crippen molar-refractivity contribution in [2.24, 2.45) is 0 Å². The number of hydrogen-bond donors (Lipinski definition) is 1. The van der Waals surface area contributed by atoms with Crippen LogP contribution in [0.3, 0.4) is 0 Å². The van der Waals surface area contributed by atoms with Gasteiger partial charge in [0.2, 0.25) is 0 Å². The molecule has 4 rings (SSSR count). The maximum atomic E-state index is 12.8. The molecule has 0 aliphatic carbocycles. The minimum Gasteiger partial charge on any atom is -0.487 e. The maximum absolute atomic E-state index is 12.8. The highest BCUT2D eigenvalue weighted by atomic mass is 16.5. The third-order valence-corrected chi connectivity index (χ3v) is 5.17. The molecule has 28 heavy (non-hydrogen) atoms. The van der Waals surface area contributed by atoms with Crippen LogP contribution in [0.4, 0.5) is 0 Å². The van der Waals surface area contributed by atoms with Crippen LogP contribution in [-0.2, 0) is 6.54 Å². The van der Waals surface area contributed by atoms with Crippen LogP contribution in [0.2, 0.25) is 0 Å². The summed E-state index contributed by atoms with van der Waals surface area (Å²) in [5.74, 6) is 1.75. The van der Waals surface area contributed by atoms with Gasteiger partial charge in [0.25, 0.3) is 5.91 Å². The summed E-state index contributed by atoms with van der Waals surface area (Å²) in [6.07, 6.45) is 4.48. The van der Waals surface area contributed by atoms with Crippen molar-refractivity contribution in [2.75, 3.05) is 0 Å². The molecule has 1 N–H and O–H groups in total. The minimum atomic E-state index is -0.321. The first-order valence-corrected chi connectivity index (χ1v) is 9.57. The molecule has 3 aromatic rings. The van der Waals surface area contributed by atoms with Gasteiger partial charge >= 0.3 is 0 Å². The molecule has 5 heteroatoms. The van der Waals surface area contributed by atoms with Crippen molar-refractivity contribution < 1.29 is 9.53 Å². The van der Waals surface area contributed by atoms with Crippen LogP contribution in [0.15, 0.2) is 60.9 Å². The number of carbonyl (C=O) groups excluding carboxylic acids is 1. The number of ether oxygens (including phenoxy) is 1. The predicted octanol–water partition coefficient (Wildman–Crippen LogP) is 4.27. The van der Waals surface area contributed by atoms with Crippen LogP contribution in [0.25, 0.3) is 0 Å². The zero-order chi connectivity index (χ0) is 19.7. The first kappa shape index (κ1) is 18.3. The van der Waals surface area contributed by atoms with E-state index in [9.17, 15) is 4.79 Å². The fraction of sp³-hybridized carbons (Fsp3) is 0.304. The number of para-hydroxylation sites is 1. The van der Waals surface area contributed by atoms with E-state index in [0.717, 1.165) is 35.7 Å². The molecular weight excluding hydrogens is 350 g/mol. The van der Waals surface area contributed by atoms with Gasteiger partial charge in [-0.3, -0.25) is 4.79 Å². The zero-order valence-electron chi connectivity index (χ0n) is 16.5. The molecule has 2 heterocycles. The Labute approximate surface area is 165 Å². The van der Waals surface area contributed by atoms with E-state index in [2.05, 4.69) is 28.7 Å². The largest absolute Gasteiger partial charge is 0.487 e. The zero-order valence-corrected chi connectivity index (χ0v) is 16.5. The monoisotopic (exact) mass is 375 g/mol. The summed E-state index contributed by atoms with van der Waals surface area (Å²) in [5.41, 5.74) is 2.50. The van der Waals surface area contributed by atoms with E-state index < -0.39 is 0 Å². The Morgan fingerprint density at radius 1 is 1.21 bits per heavy atom. The Morgan fingerprint density at radius 3 is 2.68 bits per heavy atom. The number of aromatic nitrogens is 2. The molecule has 0 unspecified atom stereocenters. The summed E-state index contributed by atoms with van der Waals surface area (Å²) >= 11 is 0. The second-order valence-electron chi connectivity index (χ2n) is 7.93. The van der Waals surface area contributed by atoms with E-state index in [1.165, 1.54) is 0 Å². The summed E-state index contributed by atoms with van der Waals surface area (Å²) in [6.45, 7) is 6.83. The predicted molar refractivity (Wildman–Crippen MR) is 108 cm³/mol. The molecule has 2 aromatic carbocycles. The van der Waals surface area contributed by atoms with Gasteiger partial charge in [0.15, 0.2) is 0 Å². The smallest absolute Gasteiger partial charge is 0.251 e. The molecule has 5 nitrogen and oxygen atoms in total. The number of fused-ring (bicyclic) bond motifs is 1. The highest BCUT2D eigenvalue weighted by molar-refractivity contribution is 5.94. The molecule has 1 aromatic heterocycles. The summed E-state index contributed by atoms with van der Waals surface area (Å²) < 4.78 is 8.13. The Kier molecular flexibility index (Phi) is 4.67. The van der Waals surface area contributed by atoms with Crippen LogP contribution in [-0.4, -0.2) is 21.1 Å². The number of aryl methyl sites for hydroxylation is 1. The summed E-state index contributed by atoms with van der Waals surface area (Å²) in [6, 6.07) is 15.6. The van der Waals surface area contributed by atoms with E-state index in [4.69, 9.17) is 4.74 Å². The lowest BCUT2D eigenvalue weighted by Gasteiger charge is -2.37. The average molecular weight is 375 g/mol. The van der Waals surface area contributed by atoms with E-state index in [0.29, 0.717) is 5.56 Å². The van der Waals surface area contributed by atoms with Gasteiger partial charge in [-0.2, -0.15) is 0 Å². The van der Waals surface area contributed by atoms with Gasteiger partial charge in [0.1, 0.15) is 17.2 Å². The Morgan fingerprint density at radius 2 is 1.96 bits per heavy atom.